The van der Waals surface area contributed by atoms with Crippen molar-refractivity contribution in [3.8, 4) is 6.07 Å². The van der Waals surface area contributed by atoms with Crippen LogP contribution in [0.3, 0.4) is 0 Å². The number of anilines is 1. The summed E-state index contributed by atoms with van der Waals surface area (Å²) in [5, 5.41) is 13.5. The molecular weight excluding hydrogens is 352 g/mol. The van der Waals surface area contributed by atoms with Crippen LogP contribution in [-0.2, 0) is 11.2 Å². The summed E-state index contributed by atoms with van der Waals surface area (Å²) in [6, 6.07) is 10.0. The standard InChI is InChI=1S/C21H22N6O/c1-14-7-17(26-20(28)8-16-10-23-13-25-16)12-27(11-14)19-5-4-15(9-22)21-18(19)3-2-6-24-21/h2-6,10,13-14,17H,7-8,11-12H2,1H3,(H,23,25)(H,26,28)/t14-,17+/m0/s1. The minimum Gasteiger partial charge on any atom is -0.369 e. The zero-order chi connectivity index (χ0) is 19.5. The molecule has 0 spiro atoms. The second-order valence-electron chi connectivity index (χ2n) is 7.41. The summed E-state index contributed by atoms with van der Waals surface area (Å²) in [5.41, 5.74) is 3.17. The van der Waals surface area contributed by atoms with Gasteiger partial charge in [0.25, 0.3) is 0 Å². The Morgan fingerprint density at radius 1 is 1.39 bits per heavy atom. The molecule has 1 amide bonds. The molecule has 2 atom stereocenters. The van der Waals surface area contributed by atoms with Crippen LogP contribution in [0.4, 0.5) is 5.69 Å². The van der Waals surface area contributed by atoms with Crippen molar-refractivity contribution in [1.82, 2.24) is 20.3 Å². The summed E-state index contributed by atoms with van der Waals surface area (Å²) in [6.07, 6.45) is 6.21. The van der Waals surface area contributed by atoms with Gasteiger partial charge in [-0.3, -0.25) is 9.78 Å². The Labute approximate surface area is 163 Å². The summed E-state index contributed by atoms with van der Waals surface area (Å²) < 4.78 is 0. The van der Waals surface area contributed by atoms with Crippen molar-refractivity contribution < 1.29 is 4.79 Å². The van der Waals surface area contributed by atoms with Gasteiger partial charge in [-0.1, -0.05) is 6.92 Å². The monoisotopic (exact) mass is 374 g/mol. The number of hydrogen-bond donors (Lipinski definition) is 2. The lowest BCUT2D eigenvalue weighted by Gasteiger charge is -2.38. The quantitative estimate of drug-likeness (QED) is 0.731. The fourth-order valence-electron chi connectivity index (χ4n) is 4.01. The van der Waals surface area contributed by atoms with Crippen LogP contribution in [0.5, 0.6) is 0 Å². The first-order valence-corrected chi connectivity index (χ1v) is 9.43. The Morgan fingerprint density at radius 3 is 3.07 bits per heavy atom. The predicted octanol–water partition coefficient (Wildman–Crippen LogP) is 2.40. The third-order valence-corrected chi connectivity index (χ3v) is 5.14. The van der Waals surface area contributed by atoms with Gasteiger partial charge in [0.15, 0.2) is 0 Å². The number of carbonyl (C=O) groups excluding carboxylic acids is 1. The van der Waals surface area contributed by atoms with Gasteiger partial charge < -0.3 is 15.2 Å². The second-order valence-corrected chi connectivity index (χ2v) is 7.41. The molecule has 1 aromatic carbocycles. The van der Waals surface area contributed by atoms with E-state index >= 15 is 0 Å². The number of imidazole rings is 1. The van der Waals surface area contributed by atoms with Gasteiger partial charge in [-0.25, -0.2) is 4.98 Å². The van der Waals surface area contributed by atoms with Crippen LogP contribution in [0.1, 0.15) is 24.6 Å². The molecular formula is C21H22N6O. The normalized spacial score (nSPS) is 19.4. The molecule has 7 nitrogen and oxygen atoms in total. The van der Waals surface area contributed by atoms with Crippen molar-refractivity contribution in [1.29, 1.82) is 5.26 Å². The van der Waals surface area contributed by atoms with E-state index < -0.39 is 0 Å². The van der Waals surface area contributed by atoms with Crippen LogP contribution < -0.4 is 10.2 Å². The number of nitriles is 1. The number of amides is 1. The Morgan fingerprint density at radius 2 is 2.29 bits per heavy atom. The van der Waals surface area contributed by atoms with Crippen molar-refractivity contribution in [3.63, 3.8) is 0 Å². The molecule has 0 unspecified atom stereocenters. The predicted molar refractivity (Wildman–Crippen MR) is 107 cm³/mol. The van der Waals surface area contributed by atoms with Crippen LogP contribution in [0, 0.1) is 17.2 Å². The lowest BCUT2D eigenvalue weighted by Crippen LogP contribution is -2.50. The summed E-state index contributed by atoms with van der Waals surface area (Å²) in [6.45, 7) is 3.84. The maximum absolute atomic E-state index is 12.4. The first kappa shape index (κ1) is 18.0. The number of nitrogens with one attached hydrogen (secondary N) is 2. The fraction of sp³-hybridized carbons (Fsp3) is 0.333. The number of aromatic amines is 1. The Kier molecular flexibility index (Phi) is 4.94. The molecule has 1 saturated heterocycles. The highest BCUT2D eigenvalue weighted by Gasteiger charge is 2.27. The van der Waals surface area contributed by atoms with Crippen molar-refractivity contribution >= 4 is 22.5 Å². The summed E-state index contributed by atoms with van der Waals surface area (Å²) in [5.74, 6) is 0.434. The van der Waals surface area contributed by atoms with Gasteiger partial charge in [0.05, 0.1) is 23.8 Å². The molecule has 4 rings (SSSR count). The highest BCUT2D eigenvalue weighted by Crippen LogP contribution is 2.31. The molecule has 1 aliphatic rings. The number of H-pyrrole nitrogens is 1. The lowest BCUT2D eigenvalue weighted by molar-refractivity contribution is -0.121. The van der Waals surface area contributed by atoms with Crippen molar-refractivity contribution in [2.45, 2.75) is 25.8 Å². The molecule has 2 aromatic heterocycles. The number of hydrogen-bond acceptors (Lipinski definition) is 5. The third-order valence-electron chi connectivity index (χ3n) is 5.14. The maximum Gasteiger partial charge on any atom is 0.226 e. The van der Waals surface area contributed by atoms with Crippen molar-refractivity contribution in [3.05, 3.63) is 54.2 Å². The number of nitrogens with zero attached hydrogens (tertiary/aromatic N) is 4. The highest BCUT2D eigenvalue weighted by atomic mass is 16.1. The fourth-order valence-corrected chi connectivity index (χ4v) is 4.01. The van der Waals surface area contributed by atoms with Crippen LogP contribution in [-0.4, -0.2) is 40.0 Å². The van der Waals surface area contributed by atoms with Gasteiger partial charge in [-0.15, -0.1) is 0 Å². The molecule has 7 heteroatoms. The van der Waals surface area contributed by atoms with Crippen LogP contribution in [0.2, 0.25) is 0 Å². The molecule has 28 heavy (non-hydrogen) atoms. The molecule has 142 valence electrons. The minimum absolute atomic E-state index is 0.00495. The topological polar surface area (TPSA) is 97.7 Å². The van der Waals surface area contributed by atoms with Crippen molar-refractivity contribution in [2.75, 3.05) is 18.0 Å². The van der Waals surface area contributed by atoms with E-state index in [2.05, 4.69) is 38.2 Å². The maximum atomic E-state index is 12.4. The van der Waals surface area contributed by atoms with Crippen LogP contribution >= 0.6 is 0 Å². The molecule has 0 bridgehead atoms. The first-order chi connectivity index (χ1) is 13.6. The summed E-state index contributed by atoms with van der Waals surface area (Å²) in [7, 11) is 0. The van der Waals surface area contributed by atoms with Gasteiger partial charge in [0.2, 0.25) is 5.91 Å². The van der Waals surface area contributed by atoms with E-state index in [-0.39, 0.29) is 11.9 Å². The van der Waals surface area contributed by atoms with E-state index in [9.17, 15) is 10.1 Å². The van der Waals surface area contributed by atoms with E-state index in [1.54, 1.807) is 18.7 Å². The van der Waals surface area contributed by atoms with Crippen molar-refractivity contribution in [2.24, 2.45) is 5.92 Å². The molecule has 0 radical (unpaired) electrons. The summed E-state index contributed by atoms with van der Waals surface area (Å²) >= 11 is 0. The van der Waals surface area contributed by atoms with Gasteiger partial charge in [0, 0.05) is 48.3 Å². The SMILES string of the molecule is C[C@H]1C[C@@H](NC(=O)Cc2cnc[nH]2)CN(c2ccc(C#N)c3ncccc23)C1. The third kappa shape index (κ3) is 3.67. The molecule has 0 aliphatic carbocycles. The van der Waals surface area contributed by atoms with Crippen LogP contribution in [0.25, 0.3) is 10.9 Å². The number of pyridine rings is 1. The van der Waals surface area contributed by atoms with Gasteiger partial charge in [-0.05, 0) is 36.6 Å². The minimum atomic E-state index is -0.00495. The smallest absolute Gasteiger partial charge is 0.226 e. The zero-order valence-electron chi connectivity index (χ0n) is 15.7. The van der Waals surface area contributed by atoms with Crippen LogP contribution in [0.15, 0.2) is 43.0 Å². The highest BCUT2D eigenvalue weighted by molar-refractivity contribution is 5.95. The lowest BCUT2D eigenvalue weighted by atomic mass is 9.94. The zero-order valence-corrected chi connectivity index (χ0v) is 15.7. The molecule has 3 aromatic rings. The Balaban J connectivity index is 1.55. The Bertz CT molecular complexity index is 1020. The van der Waals surface area contributed by atoms with Gasteiger partial charge >= 0.3 is 0 Å². The number of carbonyl (C=O) groups is 1. The molecule has 2 N–H and O–H groups in total. The number of benzene rings is 1. The number of fused-ring (bicyclic) bond motifs is 1. The molecule has 1 aliphatic heterocycles. The Hall–Kier alpha value is -3.40. The number of rotatable bonds is 4. The second kappa shape index (κ2) is 7.69. The van der Waals surface area contributed by atoms with E-state index in [0.29, 0.717) is 17.9 Å². The molecule has 1 fully saturated rings. The summed E-state index contributed by atoms with van der Waals surface area (Å²) in [4.78, 5) is 26.0. The molecule has 0 saturated carbocycles. The molecule has 3 heterocycles. The first-order valence-electron chi connectivity index (χ1n) is 9.43. The van der Waals surface area contributed by atoms with E-state index in [1.165, 1.54) is 0 Å². The van der Waals surface area contributed by atoms with E-state index in [1.807, 2.05) is 24.3 Å². The number of aromatic nitrogens is 3. The van der Waals surface area contributed by atoms with E-state index in [4.69, 9.17) is 0 Å². The number of piperidine rings is 1. The average Bonchev–Trinajstić information content (AvgIpc) is 3.19. The van der Waals surface area contributed by atoms with Gasteiger partial charge in [0.1, 0.15) is 6.07 Å². The average molecular weight is 374 g/mol. The largest absolute Gasteiger partial charge is 0.369 e. The van der Waals surface area contributed by atoms with Gasteiger partial charge in [-0.2, -0.15) is 5.26 Å². The van der Waals surface area contributed by atoms with E-state index in [0.717, 1.165) is 41.8 Å².